The molecule has 3 aromatic rings. The van der Waals surface area contributed by atoms with Gasteiger partial charge in [0, 0.05) is 39.5 Å². The summed E-state index contributed by atoms with van der Waals surface area (Å²) in [5.74, 6) is 1.47. The maximum Gasteiger partial charge on any atom is 0.0438 e. The van der Waals surface area contributed by atoms with Gasteiger partial charge in [-0.3, -0.25) is 9.97 Å². The molecular formula is C23H28N2S. The number of pyridine rings is 2. The van der Waals surface area contributed by atoms with Crippen LogP contribution in [0.5, 0.6) is 0 Å². The lowest BCUT2D eigenvalue weighted by atomic mass is 9.96. The average molecular weight is 365 g/mol. The van der Waals surface area contributed by atoms with E-state index in [1.165, 1.54) is 26.7 Å². The quantitative estimate of drug-likeness (QED) is 0.488. The molecule has 0 saturated carbocycles. The zero-order valence-electron chi connectivity index (χ0n) is 16.1. The Kier molecular flexibility index (Phi) is 6.20. The first kappa shape index (κ1) is 18.8. The molecule has 0 spiro atoms. The van der Waals surface area contributed by atoms with Crippen LogP contribution in [0, 0.1) is 0 Å². The lowest BCUT2D eigenvalue weighted by molar-refractivity contribution is 0.700. The summed E-state index contributed by atoms with van der Waals surface area (Å²) in [7, 11) is 0. The minimum absolute atomic E-state index is 0.424. The largest absolute Gasteiger partial charge is 0.264 e. The molecule has 2 atom stereocenters. The van der Waals surface area contributed by atoms with E-state index in [4.69, 9.17) is 4.98 Å². The molecule has 2 unspecified atom stereocenters. The van der Waals surface area contributed by atoms with Crippen LogP contribution in [0.15, 0.2) is 54.9 Å². The predicted molar refractivity (Wildman–Crippen MR) is 111 cm³/mol. The van der Waals surface area contributed by atoms with Gasteiger partial charge in [0.05, 0.1) is 0 Å². The van der Waals surface area contributed by atoms with Crippen LogP contribution in [-0.4, -0.2) is 9.97 Å². The standard InChI is InChI=1S/C23H28N2S/c1-16(2)23-11-10-21(26-23)14-18(4)22-9-5-8-20(25-22)13-17(3)19-7-6-12-24-15-19/h5-12,15-18H,13-14H2,1-4H3. The molecule has 0 N–H and O–H groups in total. The molecule has 0 aromatic carbocycles. The molecule has 2 nitrogen and oxygen atoms in total. The molecule has 0 amide bonds. The molecule has 0 radical (unpaired) electrons. The van der Waals surface area contributed by atoms with Gasteiger partial charge >= 0.3 is 0 Å². The molecule has 26 heavy (non-hydrogen) atoms. The van der Waals surface area contributed by atoms with Gasteiger partial charge in [0.1, 0.15) is 0 Å². The van der Waals surface area contributed by atoms with Crippen molar-refractivity contribution < 1.29 is 0 Å². The van der Waals surface area contributed by atoms with Gasteiger partial charge in [-0.1, -0.05) is 39.8 Å². The second-order valence-corrected chi connectivity index (χ2v) is 8.71. The van der Waals surface area contributed by atoms with Crippen LogP contribution in [0.25, 0.3) is 0 Å². The minimum atomic E-state index is 0.424. The molecule has 3 heteroatoms. The van der Waals surface area contributed by atoms with Gasteiger partial charge in [-0.25, -0.2) is 0 Å². The van der Waals surface area contributed by atoms with Crippen molar-refractivity contribution in [1.82, 2.24) is 9.97 Å². The Morgan fingerprint density at radius 3 is 2.42 bits per heavy atom. The van der Waals surface area contributed by atoms with Crippen molar-refractivity contribution in [2.75, 3.05) is 0 Å². The van der Waals surface area contributed by atoms with E-state index in [1.807, 2.05) is 29.8 Å². The summed E-state index contributed by atoms with van der Waals surface area (Å²) in [6, 6.07) is 15.2. The number of nitrogens with zero attached hydrogens (tertiary/aromatic N) is 2. The van der Waals surface area contributed by atoms with Crippen molar-refractivity contribution >= 4 is 11.3 Å². The zero-order chi connectivity index (χ0) is 18.5. The zero-order valence-corrected chi connectivity index (χ0v) is 17.0. The predicted octanol–water partition coefficient (Wildman–Crippen LogP) is 6.35. The fourth-order valence-corrected chi connectivity index (χ4v) is 4.35. The van der Waals surface area contributed by atoms with E-state index in [-0.39, 0.29) is 0 Å². The van der Waals surface area contributed by atoms with Crippen molar-refractivity contribution in [2.45, 2.75) is 58.3 Å². The monoisotopic (exact) mass is 364 g/mol. The van der Waals surface area contributed by atoms with Crippen LogP contribution in [0.1, 0.15) is 72.2 Å². The molecule has 3 aromatic heterocycles. The van der Waals surface area contributed by atoms with Crippen LogP contribution >= 0.6 is 11.3 Å². The van der Waals surface area contributed by atoms with Gasteiger partial charge in [0.2, 0.25) is 0 Å². The van der Waals surface area contributed by atoms with E-state index < -0.39 is 0 Å². The van der Waals surface area contributed by atoms with E-state index in [2.05, 4.69) is 69.1 Å². The first-order valence-electron chi connectivity index (χ1n) is 9.47. The number of hydrogen-bond acceptors (Lipinski definition) is 3. The highest BCUT2D eigenvalue weighted by Crippen LogP contribution is 2.28. The van der Waals surface area contributed by atoms with E-state index in [9.17, 15) is 0 Å². The SMILES string of the molecule is CC(C)c1ccc(CC(C)c2cccc(CC(C)c3cccnc3)n2)s1. The number of aromatic nitrogens is 2. The molecular weight excluding hydrogens is 336 g/mol. The Labute approximate surface area is 161 Å². The van der Waals surface area contributed by atoms with Crippen LogP contribution in [-0.2, 0) is 12.8 Å². The lowest BCUT2D eigenvalue weighted by Crippen LogP contribution is -2.05. The highest BCUT2D eigenvalue weighted by atomic mass is 32.1. The van der Waals surface area contributed by atoms with E-state index >= 15 is 0 Å². The minimum Gasteiger partial charge on any atom is -0.264 e. The second kappa shape index (κ2) is 8.59. The Morgan fingerprint density at radius 2 is 1.73 bits per heavy atom. The topological polar surface area (TPSA) is 25.8 Å². The molecule has 3 rings (SSSR count). The molecule has 0 aliphatic carbocycles. The van der Waals surface area contributed by atoms with Gasteiger partial charge in [-0.05, 0) is 60.6 Å². The Morgan fingerprint density at radius 1 is 0.885 bits per heavy atom. The van der Waals surface area contributed by atoms with Crippen molar-refractivity contribution in [3.63, 3.8) is 0 Å². The number of hydrogen-bond donors (Lipinski definition) is 0. The van der Waals surface area contributed by atoms with Gasteiger partial charge in [-0.2, -0.15) is 0 Å². The summed E-state index contributed by atoms with van der Waals surface area (Å²) in [5, 5.41) is 0. The third kappa shape index (κ3) is 4.79. The van der Waals surface area contributed by atoms with E-state index in [0.717, 1.165) is 12.8 Å². The number of rotatable bonds is 7. The summed E-state index contributed by atoms with van der Waals surface area (Å²) in [6.07, 6.45) is 5.79. The van der Waals surface area contributed by atoms with Crippen molar-refractivity contribution in [1.29, 1.82) is 0 Å². The molecule has 3 heterocycles. The van der Waals surface area contributed by atoms with Crippen LogP contribution < -0.4 is 0 Å². The molecule has 136 valence electrons. The first-order valence-corrected chi connectivity index (χ1v) is 10.3. The average Bonchev–Trinajstić information content (AvgIpc) is 3.11. The summed E-state index contributed by atoms with van der Waals surface area (Å²) < 4.78 is 0. The Hall–Kier alpha value is -2.00. The second-order valence-electron chi connectivity index (χ2n) is 7.51. The maximum atomic E-state index is 4.96. The van der Waals surface area contributed by atoms with Crippen LogP contribution in [0.3, 0.4) is 0 Å². The Bertz CT molecular complexity index is 823. The Balaban J connectivity index is 1.67. The molecule has 0 saturated heterocycles. The normalized spacial score (nSPS) is 13.7. The maximum absolute atomic E-state index is 4.96. The van der Waals surface area contributed by atoms with Gasteiger partial charge in [0.15, 0.2) is 0 Å². The van der Waals surface area contributed by atoms with Crippen molar-refractivity contribution in [3.8, 4) is 0 Å². The molecule has 0 fully saturated rings. The van der Waals surface area contributed by atoms with Gasteiger partial charge < -0.3 is 0 Å². The molecule has 0 bridgehead atoms. The third-order valence-corrected chi connectivity index (χ3v) is 6.27. The summed E-state index contributed by atoms with van der Waals surface area (Å²) >= 11 is 1.94. The van der Waals surface area contributed by atoms with Crippen LogP contribution in [0.4, 0.5) is 0 Å². The van der Waals surface area contributed by atoms with Crippen molar-refractivity contribution in [2.24, 2.45) is 0 Å². The van der Waals surface area contributed by atoms with Crippen molar-refractivity contribution in [3.05, 3.63) is 81.6 Å². The fraction of sp³-hybridized carbons (Fsp3) is 0.391. The van der Waals surface area contributed by atoms with Crippen LogP contribution in [0.2, 0.25) is 0 Å². The van der Waals surface area contributed by atoms with Gasteiger partial charge in [0.25, 0.3) is 0 Å². The fourth-order valence-electron chi connectivity index (χ4n) is 3.21. The summed E-state index contributed by atoms with van der Waals surface area (Å²) in [4.78, 5) is 12.1. The highest BCUT2D eigenvalue weighted by Gasteiger charge is 2.13. The van der Waals surface area contributed by atoms with Gasteiger partial charge in [-0.15, -0.1) is 11.3 Å². The summed E-state index contributed by atoms with van der Waals surface area (Å²) in [5.41, 5.74) is 3.63. The first-order chi connectivity index (χ1) is 12.5. The number of thiophene rings is 1. The molecule has 0 aliphatic rings. The molecule has 0 aliphatic heterocycles. The third-order valence-electron chi connectivity index (χ3n) is 4.86. The van der Waals surface area contributed by atoms with E-state index in [0.29, 0.717) is 17.8 Å². The smallest absolute Gasteiger partial charge is 0.0438 e. The summed E-state index contributed by atoms with van der Waals surface area (Å²) in [6.45, 7) is 9.04. The highest BCUT2D eigenvalue weighted by molar-refractivity contribution is 7.12. The van der Waals surface area contributed by atoms with E-state index in [1.54, 1.807) is 0 Å². The lowest BCUT2D eigenvalue weighted by Gasteiger charge is -2.14.